The van der Waals surface area contributed by atoms with Crippen LogP contribution in [0.4, 0.5) is 23.0 Å². The summed E-state index contributed by atoms with van der Waals surface area (Å²) in [5, 5.41) is 6.51. The number of aryl methyl sites for hydroxylation is 1. The number of methoxy groups -OCH3 is 1. The predicted octanol–water partition coefficient (Wildman–Crippen LogP) is 2.65. The Hall–Kier alpha value is -2.34. The van der Waals surface area contributed by atoms with Gasteiger partial charge in [-0.2, -0.15) is 0 Å². The molecule has 0 spiro atoms. The van der Waals surface area contributed by atoms with Gasteiger partial charge in [-0.1, -0.05) is 0 Å². The highest BCUT2D eigenvalue weighted by molar-refractivity contribution is 5.62. The van der Waals surface area contributed by atoms with Crippen LogP contribution < -0.4 is 15.5 Å². The molecule has 1 aromatic heterocycles. The number of nitrogens with one attached hydrogen (secondary N) is 2. The lowest BCUT2D eigenvalue weighted by molar-refractivity contribution is 0.210. The minimum Gasteiger partial charge on any atom is -0.383 e. The molecule has 0 radical (unpaired) electrons. The van der Waals surface area contributed by atoms with Crippen LogP contribution in [-0.2, 0) is 4.74 Å². The van der Waals surface area contributed by atoms with E-state index < -0.39 is 0 Å². The number of hydrogen-bond acceptors (Lipinski definition) is 6. The van der Waals surface area contributed by atoms with Crippen molar-refractivity contribution in [2.45, 2.75) is 6.92 Å². The van der Waals surface area contributed by atoms with E-state index in [1.54, 1.807) is 7.11 Å². The quantitative estimate of drug-likeness (QED) is 0.767. The van der Waals surface area contributed by atoms with E-state index in [0.29, 0.717) is 13.2 Å². The summed E-state index contributed by atoms with van der Waals surface area (Å²) in [6.45, 7) is 3.23. The lowest BCUT2D eigenvalue weighted by atomic mass is 10.2. The molecule has 1 aromatic carbocycles. The van der Waals surface area contributed by atoms with E-state index in [1.807, 2.05) is 39.2 Å². The maximum atomic E-state index is 5.02. The van der Waals surface area contributed by atoms with Gasteiger partial charge in [0.05, 0.1) is 6.61 Å². The van der Waals surface area contributed by atoms with E-state index in [0.717, 1.165) is 28.8 Å². The third-order valence-electron chi connectivity index (χ3n) is 3.11. The number of nitrogens with zero attached hydrogens (tertiary/aromatic N) is 3. The molecule has 0 aliphatic rings. The Bertz CT molecular complexity index is 598. The van der Waals surface area contributed by atoms with Crippen molar-refractivity contribution in [3.05, 3.63) is 36.2 Å². The molecule has 0 atom stereocenters. The van der Waals surface area contributed by atoms with Gasteiger partial charge in [0.15, 0.2) is 0 Å². The molecule has 0 aliphatic carbocycles. The van der Waals surface area contributed by atoms with Crippen molar-refractivity contribution in [3.63, 3.8) is 0 Å². The molecule has 0 saturated carbocycles. The van der Waals surface area contributed by atoms with Gasteiger partial charge < -0.3 is 20.3 Å². The second kappa shape index (κ2) is 7.61. The molecular weight excluding hydrogens is 278 g/mol. The molecule has 1 heterocycles. The minimum atomic E-state index is 0.637. The van der Waals surface area contributed by atoms with Crippen molar-refractivity contribution in [1.29, 1.82) is 0 Å². The Balaban J connectivity index is 2.08. The maximum absolute atomic E-state index is 5.02. The monoisotopic (exact) mass is 301 g/mol. The molecule has 0 bridgehead atoms. The van der Waals surface area contributed by atoms with Gasteiger partial charge in [-0.05, 0) is 31.2 Å². The second-order valence-electron chi connectivity index (χ2n) is 5.17. The van der Waals surface area contributed by atoms with Gasteiger partial charge in [-0.25, -0.2) is 9.97 Å². The number of ether oxygens (including phenoxy) is 1. The highest BCUT2D eigenvalue weighted by Crippen LogP contribution is 2.20. The zero-order valence-electron chi connectivity index (χ0n) is 13.6. The Morgan fingerprint density at radius 2 is 1.77 bits per heavy atom. The number of aromatic nitrogens is 2. The van der Waals surface area contributed by atoms with Gasteiger partial charge in [-0.3, -0.25) is 0 Å². The summed E-state index contributed by atoms with van der Waals surface area (Å²) in [6, 6.07) is 10.1. The highest BCUT2D eigenvalue weighted by atomic mass is 16.5. The standard InChI is InChI=1S/C16H23N5O/c1-12-18-15(17-9-10-22-4)11-16(19-12)20-13-5-7-14(8-6-13)21(2)3/h5-8,11H,9-10H2,1-4H3,(H2,17,18,19,20). The maximum Gasteiger partial charge on any atom is 0.136 e. The van der Waals surface area contributed by atoms with Crippen LogP contribution in [0.1, 0.15) is 5.82 Å². The topological polar surface area (TPSA) is 62.3 Å². The first-order chi connectivity index (χ1) is 10.6. The normalized spacial score (nSPS) is 10.4. The largest absolute Gasteiger partial charge is 0.383 e. The lowest BCUT2D eigenvalue weighted by Crippen LogP contribution is -2.10. The molecule has 0 saturated heterocycles. The first-order valence-electron chi connectivity index (χ1n) is 7.21. The van der Waals surface area contributed by atoms with Gasteiger partial charge in [0, 0.05) is 45.2 Å². The van der Waals surface area contributed by atoms with Crippen molar-refractivity contribution in [1.82, 2.24) is 9.97 Å². The number of hydrogen-bond donors (Lipinski definition) is 2. The average Bonchev–Trinajstić information content (AvgIpc) is 2.47. The van der Waals surface area contributed by atoms with Crippen molar-refractivity contribution < 1.29 is 4.74 Å². The Labute approximate surface area is 131 Å². The summed E-state index contributed by atoms with van der Waals surface area (Å²) in [6.07, 6.45) is 0. The Morgan fingerprint density at radius 3 is 2.41 bits per heavy atom. The zero-order chi connectivity index (χ0) is 15.9. The van der Waals surface area contributed by atoms with Crippen LogP contribution in [0, 0.1) is 6.92 Å². The van der Waals surface area contributed by atoms with Crippen LogP contribution in [0.5, 0.6) is 0 Å². The van der Waals surface area contributed by atoms with E-state index in [-0.39, 0.29) is 0 Å². The Morgan fingerprint density at radius 1 is 1.09 bits per heavy atom. The van der Waals surface area contributed by atoms with Crippen molar-refractivity contribution in [2.75, 3.05) is 49.9 Å². The smallest absolute Gasteiger partial charge is 0.136 e. The van der Waals surface area contributed by atoms with Gasteiger partial charge in [0.1, 0.15) is 17.5 Å². The van der Waals surface area contributed by atoms with E-state index in [1.165, 1.54) is 0 Å². The fraction of sp³-hybridized carbons (Fsp3) is 0.375. The summed E-state index contributed by atoms with van der Waals surface area (Å²) < 4.78 is 5.02. The van der Waals surface area contributed by atoms with Crippen molar-refractivity contribution in [3.8, 4) is 0 Å². The molecule has 2 rings (SSSR count). The van der Waals surface area contributed by atoms with E-state index in [9.17, 15) is 0 Å². The van der Waals surface area contributed by atoms with Crippen LogP contribution >= 0.6 is 0 Å². The summed E-state index contributed by atoms with van der Waals surface area (Å²) in [5.41, 5.74) is 2.15. The van der Waals surface area contributed by atoms with E-state index in [4.69, 9.17) is 4.74 Å². The molecule has 6 heteroatoms. The molecule has 0 aliphatic heterocycles. The molecule has 0 amide bonds. The average molecular weight is 301 g/mol. The first kappa shape index (κ1) is 16.0. The van der Waals surface area contributed by atoms with Crippen molar-refractivity contribution in [2.24, 2.45) is 0 Å². The first-order valence-corrected chi connectivity index (χ1v) is 7.21. The fourth-order valence-corrected chi connectivity index (χ4v) is 1.99. The lowest BCUT2D eigenvalue weighted by Gasteiger charge is -2.14. The molecule has 0 unspecified atom stereocenters. The Kier molecular flexibility index (Phi) is 5.55. The van der Waals surface area contributed by atoms with Gasteiger partial charge >= 0.3 is 0 Å². The summed E-state index contributed by atoms with van der Waals surface area (Å²) in [7, 11) is 5.72. The van der Waals surface area contributed by atoms with Gasteiger partial charge in [0.25, 0.3) is 0 Å². The molecule has 0 fully saturated rings. The third kappa shape index (κ3) is 4.60. The predicted molar refractivity (Wildman–Crippen MR) is 91.2 cm³/mol. The molecular formula is C16H23N5O. The number of benzene rings is 1. The van der Waals surface area contributed by atoms with Gasteiger partial charge in [0.2, 0.25) is 0 Å². The van der Waals surface area contributed by atoms with Crippen LogP contribution in [0.3, 0.4) is 0 Å². The van der Waals surface area contributed by atoms with E-state index in [2.05, 4.69) is 37.6 Å². The SMILES string of the molecule is COCCNc1cc(Nc2ccc(N(C)C)cc2)nc(C)n1. The second-order valence-corrected chi connectivity index (χ2v) is 5.17. The molecule has 2 N–H and O–H groups in total. The molecule has 2 aromatic rings. The van der Waals surface area contributed by atoms with Crippen LogP contribution in [0.2, 0.25) is 0 Å². The van der Waals surface area contributed by atoms with Crippen LogP contribution in [-0.4, -0.2) is 44.3 Å². The third-order valence-corrected chi connectivity index (χ3v) is 3.11. The fourth-order valence-electron chi connectivity index (χ4n) is 1.99. The molecule has 6 nitrogen and oxygen atoms in total. The summed E-state index contributed by atoms with van der Waals surface area (Å²) in [5.74, 6) is 2.27. The molecule has 118 valence electrons. The number of rotatable bonds is 7. The highest BCUT2D eigenvalue weighted by Gasteiger charge is 2.03. The van der Waals surface area contributed by atoms with Gasteiger partial charge in [-0.15, -0.1) is 0 Å². The minimum absolute atomic E-state index is 0.637. The summed E-state index contributed by atoms with van der Waals surface area (Å²) in [4.78, 5) is 10.8. The van der Waals surface area contributed by atoms with Crippen LogP contribution in [0.25, 0.3) is 0 Å². The zero-order valence-corrected chi connectivity index (χ0v) is 13.6. The van der Waals surface area contributed by atoms with E-state index >= 15 is 0 Å². The molecule has 22 heavy (non-hydrogen) atoms. The number of anilines is 4. The van der Waals surface area contributed by atoms with Crippen LogP contribution in [0.15, 0.2) is 30.3 Å². The summed E-state index contributed by atoms with van der Waals surface area (Å²) >= 11 is 0. The van der Waals surface area contributed by atoms with Crippen molar-refractivity contribution >= 4 is 23.0 Å².